The summed E-state index contributed by atoms with van der Waals surface area (Å²) < 4.78 is 18.7. The Morgan fingerprint density at radius 3 is 2.58 bits per heavy atom. The van der Waals surface area contributed by atoms with Gasteiger partial charge in [-0.3, -0.25) is 0 Å². The van der Waals surface area contributed by atoms with Gasteiger partial charge in [-0.15, -0.1) is 34.2 Å². The van der Waals surface area contributed by atoms with Crippen LogP contribution in [0.15, 0.2) is 29.3 Å². The maximum atomic E-state index is 6.01. The van der Waals surface area contributed by atoms with Crippen molar-refractivity contribution in [3.8, 4) is 11.5 Å². The van der Waals surface area contributed by atoms with Crippen LogP contribution in [0.25, 0.3) is 0 Å². The van der Waals surface area contributed by atoms with Crippen LogP contribution in [0, 0.1) is 6.92 Å². The third kappa shape index (κ3) is 9.30. The molecule has 1 atom stereocenters. The van der Waals surface area contributed by atoms with E-state index in [0.717, 1.165) is 31.2 Å². The van der Waals surface area contributed by atoms with Crippen molar-refractivity contribution >= 4 is 29.9 Å². The molecule has 1 heterocycles. The van der Waals surface area contributed by atoms with Gasteiger partial charge < -0.3 is 29.4 Å². The molecule has 31 heavy (non-hydrogen) atoms. The van der Waals surface area contributed by atoms with Crippen molar-refractivity contribution in [3.05, 3.63) is 35.9 Å². The summed E-state index contributed by atoms with van der Waals surface area (Å²) >= 11 is 0. The second-order valence-electron chi connectivity index (χ2n) is 6.82. The highest BCUT2D eigenvalue weighted by Crippen LogP contribution is 2.26. The molecule has 1 aromatic heterocycles. The van der Waals surface area contributed by atoms with Gasteiger partial charge in [0.25, 0.3) is 0 Å². The molecular formula is C21H35IN6O3. The fraction of sp³-hybridized carbons (Fsp3) is 0.571. The van der Waals surface area contributed by atoms with E-state index in [4.69, 9.17) is 14.2 Å². The van der Waals surface area contributed by atoms with Gasteiger partial charge in [0.15, 0.2) is 23.3 Å². The third-order valence-electron chi connectivity index (χ3n) is 4.48. The molecule has 0 aliphatic heterocycles. The minimum absolute atomic E-state index is 0. The topological polar surface area (TPSA) is 94.8 Å². The Bertz CT molecular complexity index is 799. The van der Waals surface area contributed by atoms with E-state index in [9.17, 15) is 0 Å². The average Bonchev–Trinajstić information content (AvgIpc) is 3.07. The summed E-state index contributed by atoms with van der Waals surface area (Å²) in [5.74, 6) is 3.79. The lowest BCUT2D eigenvalue weighted by molar-refractivity contribution is 0.145. The number of aryl methyl sites for hydroxylation is 1. The molecule has 2 rings (SSSR count). The summed E-state index contributed by atoms with van der Waals surface area (Å²) in [7, 11) is 3.57. The number of halogens is 1. The van der Waals surface area contributed by atoms with Crippen LogP contribution >= 0.6 is 24.0 Å². The summed E-state index contributed by atoms with van der Waals surface area (Å²) in [4.78, 5) is 4.65. The van der Waals surface area contributed by atoms with Crippen molar-refractivity contribution in [2.75, 3.05) is 33.4 Å². The molecule has 0 fully saturated rings. The van der Waals surface area contributed by atoms with Gasteiger partial charge in [0, 0.05) is 26.8 Å². The number of hydrogen-bond donors (Lipinski definition) is 2. The Morgan fingerprint density at radius 1 is 1.19 bits per heavy atom. The van der Waals surface area contributed by atoms with Gasteiger partial charge in [-0.1, -0.05) is 12.1 Å². The molecule has 0 aliphatic rings. The number of methoxy groups -OCH3 is 1. The summed E-state index contributed by atoms with van der Waals surface area (Å²) in [6.07, 6.45) is 0.805. The van der Waals surface area contributed by atoms with Gasteiger partial charge >= 0.3 is 0 Å². The molecule has 2 aromatic rings. The zero-order valence-corrected chi connectivity index (χ0v) is 21.4. The predicted molar refractivity (Wildman–Crippen MR) is 132 cm³/mol. The Balaban J connectivity index is 0.00000480. The zero-order valence-electron chi connectivity index (χ0n) is 19.1. The molecule has 1 aromatic carbocycles. The minimum Gasteiger partial charge on any atom is -0.493 e. The number of benzene rings is 1. The van der Waals surface area contributed by atoms with E-state index in [2.05, 4.69) is 25.8 Å². The van der Waals surface area contributed by atoms with Gasteiger partial charge in [-0.2, -0.15) is 0 Å². The van der Waals surface area contributed by atoms with Gasteiger partial charge in [-0.05, 0) is 39.3 Å². The smallest absolute Gasteiger partial charge is 0.191 e. The van der Waals surface area contributed by atoms with Crippen molar-refractivity contribution in [2.45, 2.75) is 39.8 Å². The van der Waals surface area contributed by atoms with Crippen LogP contribution in [-0.4, -0.2) is 60.2 Å². The Hall–Kier alpha value is -2.08. The number of guanidine groups is 1. The molecule has 0 bridgehead atoms. The van der Waals surface area contributed by atoms with E-state index >= 15 is 0 Å². The summed E-state index contributed by atoms with van der Waals surface area (Å²) in [6.45, 7) is 9.11. The number of rotatable bonds is 12. The molecular weight excluding hydrogens is 511 g/mol. The fourth-order valence-corrected chi connectivity index (χ4v) is 2.65. The fourth-order valence-electron chi connectivity index (χ4n) is 2.65. The first-order valence-corrected chi connectivity index (χ1v) is 10.3. The van der Waals surface area contributed by atoms with Gasteiger partial charge in [0.05, 0.1) is 13.7 Å². The first-order valence-electron chi connectivity index (χ1n) is 10.3. The molecule has 0 amide bonds. The monoisotopic (exact) mass is 546 g/mol. The number of hydrogen-bond acceptors (Lipinski definition) is 6. The SMILES string of the molecule is CCOCCCNC(=NCc1nnc(C)n1C)NCC(C)Oc1ccccc1OC.I. The minimum atomic E-state index is -0.0891. The molecule has 0 spiro atoms. The van der Waals surface area contributed by atoms with Crippen molar-refractivity contribution in [1.82, 2.24) is 25.4 Å². The predicted octanol–water partition coefficient (Wildman–Crippen LogP) is 2.68. The number of nitrogens with one attached hydrogen (secondary N) is 2. The number of aromatic nitrogens is 3. The van der Waals surface area contributed by atoms with Crippen molar-refractivity contribution < 1.29 is 14.2 Å². The van der Waals surface area contributed by atoms with E-state index in [-0.39, 0.29) is 30.1 Å². The van der Waals surface area contributed by atoms with Gasteiger partial charge in [-0.25, -0.2) is 4.99 Å². The van der Waals surface area contributed by atoms with E-state index in [1.807, 2.05) is 56.7 Å². The van der Waals surface area contributed by atoms with Crippen LogP contribution in [0.5, 0.6) is 11.5 Å². The van der Waals surface area contributed by atoms with Crippen LogP contribution in [0.4, 0.5) is 0 Å². The van der Waals surface area contributed by atoms with E-state index in [1.54, 1.807) is 7.11 Å². The van der Waals surface area contributed by atoms with Crippen LogP contribution < -0.4 is 20.1 Å². The first kappa shape index (κ1) is 27.0. The number of para-hydroxylation sites is 2. The van der Waals surface area contributed by atoms with E-state index in [0.29, 0.717) is 37.2 Å². The Kier molecular flexibility index (Phi) is 12.9. The van der Waals surface area contributed by atoms with Gasteiger partial charge in [0.1, 0.15) is 18.5 Å². The lowest BCUT2D eigenvalue weighted by Crippen LogP contribution is -2.42. The van der Waals surface area contributed by atoms with E-state index < -0.39 is 0 Å². The largest absolute Gasteiger partial charge is 0.493 e. The lowest BCUT2D eigenvalue weighted by atomic mass is 10.3. The highest BCUT2D eigenvalue weighted by Gasteiger charge is 2.10. The lowest BCUT2D eigenvalue weighted by Gasteiger charge is -2.19. The Labute approximate surface area is 202 Å². The van der Waals surface area contributed by atoms with Crippen molar-refractivity contribution in [1.29, 1.82) is 0 Å². The third-order valence-corrected chi connectivity index (χ3v) is 4.48. The van der Waals surface area contributed by atoms with Crippen LogP contribution in [-0.2, 0) is 18.3 Å². The molecule has 9 nitrogen and oxygen atoms in total. The normalized spacial score (nSPS) is 12.1. The van der Waals surface area contributed by atoms with Gasteiger partial charge in [0.2, 0.25) is 0 Å². The van der Waals surface area contributed by atoms with Crippen LogP contribution in [0.3, 0.4) is 0 Å². The quantitative estimate of drug-likeness (QED) is 0.183. The Morgan fingerprint density at radius 2 is 1.94 bits per heavy atom. The molecule has 0 aliphatic carbocycles. The molecule has 174 valence electrons. The number of nitrogens with zero attached hydrogens (tertiary/aromatic N) is 4. The highest BCUT2D eigenvalue weighted by molar-refractivity contribution is 14.0. The molecule has 1 unspecified atom stereocenters. The van der Waals surface area contributed by atoms with Crippen LogP contribution in [0.2, 0.25) is 0 Å². The molecule has 10 heteroatoms. The van der Waals surface area contributed by atoms with Crippen molar-refractivity contribution in [3.63, 3.8) is 0 Å². The summed E-state index contributed by atoms with van der Waals surface area (Å²) in [6, 6.07) is 7.62. The molecule has 0 saturated heterocycles. The second-order valence-corrected chi connectivity index (χ2v) is 6.82. The first-order chi connectivity index (χ1) is 14.5. The number of aliphatic imine (C=N–C) groups is 1. The molecule has 0 saturated carbocycles. The highest BCUT2D eigenvalue weighted by atomic mass is 127. The summed E-state index contributed by atoms with van der Waals surface area (Å²) in [5.41, 5.74) is 0. The van der Waals surface area contributed by atoms with Crippen molar-refractivity contribution in [2.24, 2.45) is 12.0 Å². The zero-order chi connectivity index (χ0) is 21.8. The average molecular weight is 546 g/mol. The summed E-state index contributed by atoms with van der Waals surface area (Å²) in [5, 5.41) is 14.9. The maximum Gasteiger partial charge on any atom is 0.191 e. The molecule has 0 radical (unpaired) electrons. The van der Waals surface area contributed by atoms with Crippen LogP contribution in [0.1, 0.15) is 31.9 Å². The second kappa shape index (κ2) is 14.8. The molecule has 2 N–H and O–H groups in total. The number of ether oxygens (including phenoxy) is 3. The standard InChI is InChI=1S/C21H34N6O3.HI/c1-6-29-13-9-12-22-21(24-15-20-26-25-17(3)27(20)4)23-14-16(2)30-19-11-8-7-10-18(19)28-5;/h7-8,10-11,16H,6,9,12-15H2,1-5H3,(H2,22,23,24);1H. The maximum absolute atomic E-state index is 6.01. The van der Waals surface area contributed by atoms with E-state index in [1.165, 1.54) is 0 Å².